The Morgan fingerprint density at radius 3 is 2.53 bits per heavy atom. The van der Waals surface area contributed by atoms with Crippen LogP contribution in [0.4, 0.5) is 5.82 Å². The van der Waals surface area contributed by atoms with Gasteiger partial charge in [-0.05, 0) is 23.8 Å². The molecule has 0 saturated heterocycles. The average Bonchev–Trinajstić information content (AvgIpc) is 2.33. The zero-order valence-electron chi connectivity index (χ0n) is 8.65. The van der Waals surface area contributed by atoms with Gasteiger partial charge in [0.15, 0.2) is 6.29 Å². The van der Waals surface area contributed by atoms with Gasteiger partial charge in [-0.15, -0.1) is 0 Å². The summed E-state index contributed by atoms with van der Waals surface area (Å²) >= 11 is 11.8. The van der Waals surface area contributed by atoms with E-state index in [2.05, 4.69) is 4.98 Å². The Kier molecular flexibility index (Phi) is 3.31. The van der Waals surface area contributed by atoms with E-state index in [0.29, 0.717) is 21.9 Å². The first-order valence-corrected chi connectivity index (χ1v) is 5.53. The lowest BCUT2D eigenvalue weighted by Gasteiger charge is -2.05. The molecule has 17 heavy (non-hydrogen) atoms. The number of hydrogen-bond donors (Lipinski definition) is 1. The molecule has 2 rings (SSSR count). The Morgan fingerprint density at radius 1 is 1.12 bits per heavy atom. The molecule has 2 aromatic rings. The molecule has 0 aliphatic rings. The van der Waals surface area contributed by atoms with Crippen molar-refractivity contribution >= 4 is 35.3 Å². The van der Waals surface area contributed by atoms with E-state index in [1.54, 1.807) is 30.5 Å². The number of aromatic nitrogens is 1. The summed E-state index contributed by atoms with van der Waals surface area (Å²) in [6.07, 6.45) is 2.26. The van der Waals surface area contributed by atoms with E-state index in [-0.39, 0.29) is 5.82 Å². The summed E-state index contributed by atoms with van der Waals surface area (Å²) < 4.78 is 0. The second kappa shape index (κ2) is 4.73. The molecular formula is C12H8Cl2N2O. The molecule has 1 heterocycles. The standard InChI is InChI=1S/C12H8Cl2N2O/c13-10-2-1-7(4-11(10)14)8-3-9(6-17)12(15)16-5-8/h1-6H,(H2,15,16). The van der Waals surface area contributed by atoms with Crippen molar-refractivity contribution in [3.05, 3.63) is 46.1 Å². The summed E-state index contributed by atoms with van der Waals surface area (Å²) in [4.78, 5) is 14.7. The highest BCUT2D eigenvalue weighted by molar-refractivity contribution is 6.42. The average molecular weight is 267 g/mol. The number of nitrogen functional groups attached to an aromatic ring is 1. The Bertz CT molecular complexity index is 585. The van der Waals surface area contributed by atoms with E-state index in [1.165, 1.54) is 0 Å². The number of halogens is 2. The van der Waals surface area contributed by atoms with Crippen molar-refractivity contribution in [1.82, 2.24) is 4.98 Å². The van der Waals surface area contributed by atoms with Gasteiger partial charge in [-0.3, -0.25) is 4.79 Å². The van der Waals surface area contributed by atoms with Gasteiger partial charge in [0.25, 0.3) is 0 Å². The van der Waals surface area contributed by atoms with Crippen LogP contribution in [-0.4, -0.2) is 11.3 Å². The summed E-state index contributed by atoms with van der Waals surface area (Å²) in [6, 6.07) is 6.87. The van der Waals surface area contributed by atoms with Crippen molar-refractivity contribution in [2.75, 3.05) is 5.73 Å². The Hall–Kier alpha value is -1.58. The zero-order chi connectivity index (χ0) is 12.4. The number of rotatable bonds is 2. The molecule has 0 amide bonds. The molecule has 0 fully saturated rings. The molecule has 0 aliphatic heterocycles. The third kappa shape index (κ3) is 2.40. The quantitative estimate of drug-likeness (QED) is 0.848. The number of benzene rings is 1. The molecule has 3 nitrogen and oxygen atoms in total. The van der Waals surface area contributed by atoms with Crippen LogP contribution >= 0.6 is 23.2 Å². The van der Waals surface area contributed by atoms with Gasteiger partial charge >= 0.3 is 0 Å². The molecule has 0 spiro atoms. The van der Waals surface area contributed by atoms with E-state index >= 15 is 0 Å². The highest BCUT2D eigenvalue weighted by atomic mass is 35.5. The van der Waals surface area contributed by atoms with Gasteiger partial charge in [-0.1, -0.05) is 29.3 Å². The van der Waals surface area contributed by atoms with Crippen LogP contribution in [0.5, 0.6) is 0 Å². The molecule has 5 heteroatoms. The van der Waals surface area contributed by atoms with Crippen LogP contribution < -0.4 is 5.73 Å². The monoisotopic (exact) mass is 266 g/mol. The topological polar surface area (TPSA) is 56.0 Å². The SMILES string of the molecule is Nc1ncc(-c2ccc(Cl)c(Cl)c2)cc1C=O. The summed E-state index contributed by atoms with van der Waals surface area (Å²) in [5.41, 5.74) is 7.49. The predicted molar refractivity (Wildman–Crippen MR) is 69.5 cm³/mol. The molecule has 1 aromatic heterocycles. The molecular weight excluding hydrogens is 259 g/mol. The van der Waals surface area contributed by atoms with Gasteiger partial charge in [0.2, 0.25) is 0 Å². The highest BCUT2D eigenvalue weighted by Gasteiger charge is 2.05. The normalized spacial score (nSPS) is 10.2. The molecule has 2 N–H and O–H groups in total. The Balaban J connectivity index is 2.52. The number of carbonyl (C=O) groups excluding carboxylic acids is 1. The Morgan fingerprint density at radius 2 is 1.88 bits per heavy atom. The molecule has 0 unspecified atom stereocenters. The second-order valence-electron chi connectivity index (χ2n) is 3.45. The van der Waals surface area contributed by atoms with Gasteiger partial charge in [0.05, 0.1) is 15.6 Å². The minimum Gasteiger partial charge on any atom is -0.383 e. The smallest absolute Gasteiger partial charge is 0.153 e. The fourth-order valence-corrected chi connectivity index (χ4v) is 1.72. The van der Waals surface area contributed by atoms with Crippen LogP contribution in [-0.2, 0) is 0 Å². The maximum atomic E-state index is 10.8. The van der Waals surface area contributed by atoms with Crippen molar-refractivity contribution in [2.24, 2.45) is 0 Å². The van der Waals surface area contributed by atoms with Crippen LogP contribution in [0.1, 0.15) is 10.4 Å². The number of hydrogen-bond acceptors (Lipinski definition) is 3. The van der Waals surface area contributed by atoms with Gasteiger partial charge in [-0.2, -0.15) is 0 Å². The minimum atomic E-state index is 0.212. The molecule has 0 saturated carbocycles. The number of nitrogens with zero attached hydrogens (tertiary/aromatic N) is 1. The third-order valence-corrected chi connectivity index (χ3v) is 3.07. The van der Waals surface area contributed by atoms with Crippen LogP contribution in [0.25, 0.3) is 11.1 Å². The van der Waals surface area contributed by atoms with Gasteiger partial charge < -0.3 is 5.73 Å². The molecule has 0 bridgehead atoms. The lowest BCUT2D eigenvalue weighted by atomic mass is 10.1. The van der Waals surface area contributed by atoms with Crippen molar-refractivity contribution in [1.29, 1.82) is 0 Å². The van der Waals surface area contributed by atoms with Gasteiger partial charge in [-0.25, -0.2) is 4.98 Å². The van der Waals surface area contributed by atoms with Crippen LogP contribution in [0, 0.1) is 0 Å². The maximum Gasteiger partial charge on any atom is 0.153 e. The van der Waals surface area contributed by atoms with Gasteiger partial charge in [0, 0.05) is 11.8 Å². The van der Waals surface area contributed by atoms with Crippen LogP contribution in [0.2, 0.25) is 10.0 Å². The second-order valence-corrected chi connectivity index (χ2v) is 4.26. The highest BCUT2D eigenvalue weighted by Crippen LogP contribution is 2.28. The molecule has 1 aromatic carbocycles. The summed E-state index contributed by atoms with van der Waals surface area (Å²) in [6.45, 7) is 0. The fraction of sp³-hybridized carbons (Fsp3) is 0. The van der Waals surface area contributed by atoms with Gasteiger partial charge in [0.1, 0.15) is 5.82 Å². The first-order chi connectivity index (χ1) is 8.11. The first-order valence-electron chi connectivity index (χ1n) is 4.78. The number of nitrogens with two attached hydrogens (primary N) is 1. The van der Waals surface area contributed by atoms with Crippen molar-refractivity contribution in [3.63, 3.8) is 0 Å². The van der Waals surface area contributed by atoms with E-state index in [0.717, 1.165) is 11.1 Å². The van der Waals surface area contributed by atoms with Crippen LogP contribution in [0.15, 0.2) is 30.5 Å². The largest absolute Gasteiger partial charge is 0.383 e. The number of anilines is 1. The van der Waals surface area contributed by atoms with E-state index < -0.39 is 0 Å². The van der Waals surface area contributed by atoms with Crippen molar-refractivity contribution < 1.29 is 4.79 Å². The number of carbonyl (C=O) groups is 1. The zero-order valence-corrected chi connectivity index (χ0v) is 10.2. The molecule has 0 aliphatic carbocycles. The molecule has 0 atom stereocenters. The lowest BCUT2D eigenvalue weighted by Crippen LogP contribution is -1.96. The van der Waals surface area contributed by atoms with E-state index in [1.807, 2.05) is 0 Å². The van der Waals surface area contributed by atoms with E-state index in [4.69, 9.17) is 28.9 Å². The molecule has 86 valence electrons. The summed E-state index contributed by atoms with van der Waals surface area (Å²) in [5.74, 6) is 0.212. The molecule has 0 radical (unpaired) electrons. The number of aldehydes is 1. The van der Waals surface area contributed by atoms with Crippen LogP contribution in [0.3, 0.4) is 0 Å². The first kappa shape index (κ1) is 11.9. The maximum absolute atomic E-state index is 10.8. The lowest BCUT2D eigenvalue weighted by molar-refractivity contribution is 0.112. The van der Waals surface area contributed by atoms with Crippen molar-refractivity contribution in [3.8, 4) is 11.1 Å². The van der Waals surface area contributed by atoms with E-state index in [9.17, 15) is 4.79 Å². The predicted octanol–water partition coefficient (Wildman–Crippen LogP) is 3.45. The third-order valence-electron chi connectivity index (χ3n) is 2.33. The summed E-state index contributed by atoms with van der Waals surface area (Å²) in [7, 11) is 0. The van der Waals surface area contributed by atoms with Crippen molar-refractivity contribution in [2.45, 2.75) is 0 Å². The minimum absolute atomic E-state index is 0.212. The fourth-order valence-electron chi connectivity index (χ4n) is 1.42. The number of pyridine rings is 1. The summed E-state index contributed by atoms with van der Waals surface area (Å²) in [5, 5.41) is 0.933. The Labute approximate surface area is 108 Å².